The van der Waals surface area contributed by atoms with Gasteiger partial charge in [0.05, 0.1) is 16.4 Å². The summed E-state index contributed by atoms with van der Waals surface area (Å²) in [6.45, 7) is 1.97. The van der Waals surface area contributed by atoms with E-state index in [1.165, 1.54) is 0 Å². The fourth-order valence-electron chi connectivity index (χ4n) is 1.57. The van der Waals surface area contributed by atoms with Gasteiger partial charge in [-0.2, -0.15) is 0 Å². The molecule has 0 radical (unpaired) electrons. The summed E-state index contributed by atoms with van der Waals surface area (Å²) in [5.41, 5.74) is 8.50. The van der Waals surface area contributed by atoms with Gasteiger partial charge in [0.2, 0.25) is 0 Å². The van der Waals surface area contributed by atoms with E-state index in [0.717, 1.165) is 21.5 Å². The van der Waals surface area contributed by atoms with Gasteiger partial charge in [-0.15, -0.1) is 0 Å². The van der Waals surface area contributed by atoms with E-state index in [1.807, 2.05) is 29.7 Å². The normalized spacial score (nSPS) is 10.8. The first-order chi connectivity index (χ1) is 7.08. The van der Waals surface area contributed by atoms with Gasteiger partial charge in [-0.1, -0.05) is 28.1 Å². The number of nitrogens with zero attached hydrogens (tertiary/aromatic N) is 2. The molecule has 0 aromatic carbocycles. The van der Waals surface area contributed by atoms with E-state index >= 15 is 0 Å². The molecule has 2 aromatic rings. The zero-order chi connectivity index (χ0) is 11.0. The fraction of sp³-hybridized carbons (Fsp3) is 0.200. The smallest absolute Gasteiger partial charge is 0.138 e. The van der Waals surface area contributed by atoms with Gasteiger partial charge in [0.25, 0.3) is 0 Å². The Morgan fingerprint density at radius 1 is 1.67 bits per heavy atom. The van der Waals surface area contributed by atoms with Crippen LogP contribution in [0.1, 0.15) is 11.4 Å². The SMILES string of the molecule is Cc1nc2cc(Br)ccn2c1CC(N)=S. The van der Waals surface area contributed by atoms with Crippen molar-refractivity contribution in [1.29, 1.82) is 0 Å². The van der Waals surface area contributed by atoms with Gasteiger partial charge in [0.1, 0.15) is 5.65 Å². The number of thiocarbonyl (C=S) groups is 1. The molecule has 5 heteroatoms. The van der Waals surface area contributed by atoms with Crippen molar-refractivity contribution in [2.24, 2.45) is 5.73 Å². The maximum atomic E-state index is 5.55. The van der Waals surface area contributed by atoms with E-state index in [2.05, 4.69) is 20.9 Å². The van der Waals surface area contributed by atoms with E-state index < -0.39 is 0 Å². The second-order valence-corrected chi connectivity index (χ2v) is 4.80. The summed E-state index contributed by atoms with van der Waals surface area (Å²) in [5, 5.41) is 0. The predicted octanol–water partition coefficient (Wildman–Crippen LogP) is 2.23. The van der Waals surface area contributed by atoms with Gasteiger partial charge in [-0.05, 0) is 19.1 Å². The van der Waals surface area contributed by atoms with Crippen LogP contribution < -0.4 is 5.73 Å². The zero-order valence-electron chi connectivity index (χ0n) is 8.20. The number of aryl methyl sites for hydroxylation is 1. The molecular weight excluding hydrogens is 274 g/mol. The van der Waals surface area contributed by atoms with Crippen LogP contribution in [0.2, 0.25) is 0 Å². The van der Waals surface area contributed by atoms with Gasteiger partial charge in [-0.25, -0.2) is 4.98 Å². The van der Waals surface area contributed by atoms with Gasteiger partial charge < -0.3 is 10.1 Å². The second kappa shape index (κ2) is 3.90. The quantitative estimate of drug-likeness (QED) is 0.860. The van der Waals surface area contributed by atoms with Crippen molar-refractivity contribution in [1.82, 2.24) is 9.38 Å². The molecule has 78 valence electrons. The molecule has 2 rings (SSSR count). The first kappa shape index (κ1) is 10.6. The van der Waals surface area contributed by atoms with Crippen LogP contribution >= 0.6 is 28.1 Å². The molecule has 0 amide bonds. The van der Waals surface area contributed by atoms with Crippen molar-refractivity contribution in [3.05, 3.63) is 34.2 Å². The predicted molar refractivity (Wildman–Crippen MR) is 68.1 cm³/mol. The third-order valence-corrected chi connectivity index (χ3v) is 2.87. The minimum Gasteiger partial charge on any atom is -0.393 e. The molecule has 0 spiro atoms. The Bertz CT molecular complexity index is 533. The number of fused-ring (bicyclic) bond motifs is 1. The number of nitrogens with two attached hydrogens (primary N) is 1. The summed E-state index contributed by atoms with van der Waals surface area (Å²) in [5.74, 6) is 0. The summed E-state index contributed by atoms with van der Waals surface area (Å²) in [6.07, 6.45) is 2.55. The first-order valence-corrected chi connectivity index (χ1v) is 5.69. The van der Waals surface area contributed by atoms with Crippen LogP contribution in [0.4, 0.5) is 0 Å². The molecule has 0 saturated carbocycles. The number of halogens is 1. The summed E-state index contributed by atoms with van der Waals surface area (Å²) in [6, 6.07) is 3.94. The largest absolute Gasteiger partial charge is 0.393 e. The van der Waals surface area contributed by atoms with Crippen molar-refractivity contribution in [2.45, 2.75) is 13.3 Å². The van der Waals surface area contributed by atoms with Crippen LogP contribution in [-0.4, -0.2) is 14.4 Å². The molecule has 0 fully saturated rings. The monoisotopic (exact) mass is 283 g/mol. The minimum atomic E-state index is 0.489. The molecule has 0 aliphatic carbocycles. The van der Waals surface area contributed by atoms with Crippen LogP contribution in [0, 0.1) is 6.92 Å². The highest BCUT2D eigenvalue weighted by atomic mass is 79.9. The lowest BCUT2D eigenvalue weighted by atomic mass is 10.2. The summed E-state index contributed by atoms with van der Waals surface area (Å²) in [7, 11) is 0. The molecule has 2 aromatic heterocycles. The highest BCUT2D eigenvalue weighted by Crippen LogP contribution is 2.17. The van der Waals surface area contributed by atoms with Crippen LogP contribution in [-0.2, 0) is 6.42 Å². The first-order valence-electron chi connectivity index (χ1n) is 4.49. The van der Waals surface area contributed by atoms with Gasteiger partial charge in [0.15, 0.2) is 0 Å². The lowest BCUT2D eigenvalue weighted by Crippen LogP contribution is -2.13. The Hall–Kier alpha value is -0.940. The average molecular weight is 284 g/mol. The number of pyridine rings is 1. The minimum absolute atomic E-state index is 0.489. The van der Waals surface area contributed by atoms with Crippen LogP contribution in [0.3, 0.4) is 0 Å². The standard InChI is InChI=1S/C10H10BrN3S/c1-6-8(5-9(12)15)14-3-2-7(11)4-10(14)13-6/h2-4H,5H2,1H3,(H2,12,15). The molecule has 0 aliphatic heterocycles. The van der Waals surface area contributed by atoms with Crippen molar-refractivity contribution in [3.63, 3.8) is 0 Å². The molecule has 3 nitrogen and oxygen atoms in total. The number of aromatic nitrogens is 2. The number of rotatable bonds is 2. The molecule has 2 N–H and O–H groups in total. The summed E-state index contributed by atoms with van der Waals surface area (Å²) < 4.78 is 3.03. The maximum Gasteiger partial charge on any atom is 0.138 e. The van der Waals surface area contributed by atoms with Crippen molar-refractivity contribution < 1.29 is 0 Å². The Labute approximate surface area is 101 Å². The zero-order valence-corrected chi connectivity index (χ0v) is 10.6. The highest BCUT2D eigenvalue weighted by Gasteiger charge is 2.09. The highest BCUT2D eigenvalue weighted by molar-refractivity contribution is 9.10. The third-order valence-electron chi connectivity index (χ3n) is 2.23. The molecule has 0 atom stereocenters. The Morgan fingerprint density at radius 2 is 2.40 bits per heavy atom. The topological polar surface area (TPSA) is 43.3 Å². The molecular formula is C10H10BrN3S. The van der Waals surface area contributed by atoms with E-state index in [-0.39, 0.29) is 0 Å². The summed E-state index contributed by atoms with van der Waals surface area (Å²) in [4.78, 5) is 4.93. The molecule has 0 bridgehead atoms. The molecule has 0 unspecified atom stereocenters. The lowest BCUT2D eigenvalue weighted by molar-refractivity contribution is 1.05. The Kier molecular flexibility index (Phi) is 2.75. The summed E-state index contributed by atoms with van der Waals surface area (Å²) >= 11 is 8.33. The molecule has 0 aliphatic rings. The van der Waals surface area contributed by atoms with Crippen molar-refractivity contribution in [3.8, 4) is 0 Å². The van der Waals surface area contributed by atoms with Crippen LogP contribution in [0.15, 0.2) is 22.8 Å². The Morgan fingerprint density at radius 3 is 3.07 bits per heavy atom. The maximum absolute atomic E-state index is 5.55. The van der Waals surface area contributed by atoms with Crippen molar-refractivity contribution in [2.75, 3.05) is 0 Å². The van der Waals surface area contributed by atoms with Gasteiger partial charge in [-0.3, -0.25) is 0 Å². The third kappa shape index (κ3) is 2.03. The number of hydrogen-bond acceptors (Lipinski definition) is 2. The van der Waals surface area contributed by atoms with E-state index in [0.29, 0.717) is 11.4 Å². The van der Waals surface area contributed by atoms with Gasteiger partial charge >= 0.3 is 0 Å². The molecule has 15 heavy (non-hydrogen) atoms. The molecule has 2 heterocycles. The fourth-order valence-corrected chi connectivity index (χ4v) is 2.03. The van der Waals surface area contributed by atoms with Crippen molar-refractivity contribution >= 4 is 38.8 Å². The lowest BCUT2D eigenvalue weighted by Gasteiger charge is -2.01. The van der Waals surface area contributed by atoms with Crippen LogP contribution in [0.5, 0.6) is 0 Å². The number of imidazole rings is 1. The van der Waals surface area contributed by atoms with E-state index in [9.17, 15) is 0 Å². The van der Waals surface area contributed by atoms with E-state index in [4.69, 9.17) is 18.0 Å². The second-order valence-electron chi connectivity index (χ2n) is 3.36. The van der Waals surface area contributed by atoms with Gasteiger partial charge in [0, 0.05) is 17.1 Å². The van der Waals surface area contributed by atoms with Crippen LogP contribution in [0.25, 0.3) is 5.65 Å². The molecule has 0 saturated heterocycles. The Balaban J connectivity index is 2.63. The number of hydrogen-bond donors (Lipinski definition) is 1. The average Bonchev–Trinajstić information content (AvgIpc) is 2.41. The van der Waals surface area contributed by atoms with E-state index in [1.54, 1.807) is 0 Å².